The monoisotopic (exact) mass is 306 g/mol. The van der Waals surface area contributed by atoms with E-state index in [0.717, 1.165) is 44.5 Å². The standard InChI is InChI=1S/C18H30N2O2/c21-17(19-9-1-2-10-19)12-22-14-18-8-4-5-15(18)11-20(13-18)16-6-3-7-16/h15-16H,1-14H2/t15-,18+/m1/s1. The topological polar surface area (TPSA) is 32.8 Å². The Balaban J connectivity index is 1.29. The summed E-state index contributed by atoms with van der Waals surface area (Å²) in [5.74, 6) is 1.02. The Hall–Kier alpha value is -0.610. The number of nitrogens with zero attached hydrogens (tertiary/aromatic N) is 2. The lowest BCUT2D eigenvalue weighted by atomic mass is 9.81. The van der Waals surface area contributed by atoms with Crippen molar-refractivity contribution in [2.24, 2.45) is 11.3 Å². The van der Waals surface area contributed by atoms with Crippen LogP contribution in [0.25, 0.3) is 0 Å². The molecule has 0 spiro atoms. The quantitative estimate of drug-likeness (QED) is 0.781. The molecule has 4 rings (SSSR count). The van der Waals surface area contributed by atoms with Gasteiger partial charge in [0.25, 0.3) is 0 Å². The van der Waals surface area contributed by atoms with E-state index in [4.69, 9.17) is 4.74 Å². The molecule has 2 atom stereocenters. The van der Waals surface area contributed by atoms with Crippen molar-refractivity contribution < 1.29 is 9.53 Å². The first-order valence-corrected chi connectivity index (χ1v) is 9.36. The minimum absolute atomic E-state index is 0.206. The normalized spacial score (nSPS) is 35.8. The summed E-state index contributed by atoms with van der Waals surface area (Å²) in [4.78, 5) is 16.8. The minimum Gasteiger partial charge on any atom is -0.371 e. The highest BCUT2D eigenvalue weighted by Gasteiger charge is 2.51. The van der Waals surface area contributed by atoms with E-state index in [-0.39, 0.29) is 5.91 Å². The summed E-state index contributed by atoms with van der Waals surface area (Å²) in [5.41, 5.74) is 0.362. The lowest BCUT2D eigenvalue weighted by molar-refractivity contribution is -0.136. The number of ether oxygens (including phenoxy) is 1. The third kappa shape index (κ3) is 2.69. The van der Waals surface area contributed by atoms with Crippen LogP contribution in [-0.2, 0) is 9.53 Å². The average Bonchev–Trinajstić information content (AvgIpc) is 3.11. The predicted molar refractivity (Wildman–Crippen MR) is 85.6 cm³/mol. The van der Waals surface area contributed by atoms with E-state index in [1.54, 1.807) is 0 Å². The van der Waals surface area contributed by atoms with Gasteiger partial charge in [-0.1, -0.05) is 12.8 Å². The highest BCUT2D eigenvalue weighted by atomic mass is 16.5. The van der Waals surface area contributed by atoms with Crippen molar-refractivity contribution in [1.29, 1.82) is 0 Å². The molecule has 2 heterocycles. The lowest BCUT2D eigenvalue weighted by Crippen LogP contribution is -2.41. The van der Waals surface area contributed by atoms with Crippen molar-refractivity contribution in [1.82, 2.24) is 9.80 Å². The Morgan fingerprint density at radius 2 is 1.91 bits per heavy atom. The highest BCUT2D eigenvalue weighted by molar-refractivity contribution is 5.77. The summed E-state index contributed by atoms with van der Waals surface area (Å²) in [6, 6.07) is 0.855. The first kappa shape index (κ1) is 14.9. The highest BCUT2D eigenvalue weighted by Crippen LogP contribution is 2.50. The van der Waals surface area contributed by atoms with Crippen LogP contribution in [0.5, 0.6) is 0 Å². The van der Waals surface area contributed by atoms with Gasteiger partial charge in [-0.15, -0.1) is 0 Å². The van der Waals surface area contributed by atoms with Gasteiger partial charge in [0.15, 0.2) is 0 Å². The third-order valence-corrected chi connectivity index (χ3v) is 6.73. The fourth-order valence-corrected chi connectivity index (χ4v) is 5.12. The fourth-order valence-electron chi connectivity index (χ4n) is 5.12. The van der Waals surface area contributed by atoms with Crippen molar-refractivity contribution in [2.75, 3.05) is 39.4 Å². The number of rotatable bonds is 5. The molecule has 0 unspecified atom stereocenters. The second-order valence-corrected chi connectivity index (χ2v) is 8.05. The number of amides is 1. The van der Waals surface area contributed by atoms with Crippen LogP contribution in [0.2, 0.25) is 0 Å². The second-order valence-electron chi connectivity index (χ2n) is 8.05. The summed E-state index contributed by atoms with van der Waals surface area (Å²) < 4.78 is 5.96. The van der Waals surface area contributed by atoms with Crippen LogP contribution in [0, 0.1) is 11.3 Å². The fraction of sp³-hybridized carbons (Fsp3) is 0.944. The maximum atomic E-state index is 12.1. The molecule has 4 aliphatic rings. The molecule has 2 aliphatic heterocycles. The first-order valence-electron chi connectivity index (χ1n) is 9.36. The second kappa shape index (κ2) is 6.12. The number of hydrogen-bond acceptors (Lipinski definition) is 3. The maximum Gasteiger partial charge on any atom is 0.248 e. The van der Waals surface area contributed by atoms with Crippen LogP contribution in [0.1, 0.15) is 51.4 Å². The van der Waals surface area contributed by atoms with Crippen LogP contribution >= 0.6 is 0 Å². The van der Waals surface area contributed by atoms with Crippen LogP contribution in [0.4, 0.5) is 0 Å². The van der Waals surface area contributed by atoms with Gasteiger partial charge in [0.1, 0.15) is 6.61 Å². The Bertz CT molecular complexity index is 417. The molecule has 0 aromatic rings. The van der Waals surface area contributed by atoms with Gasteiger partial charge in [-0.3, -0.25) is 9.69 Å². The van der Waals surface area contributed by atoms with Gasteiger partial charge < -0.3 is 9.64 Å². The molecule has 2 aliphatic carbocycles. The number of carbonyl (C=O) groups is 1. The smallest absolute Gasteiger partial charge is 0.248 e. The van der Waals surface area contributed by atoms with Crippen LogP contribution in [0.3, 0.4) is 0 Å². The van der Waals surface area contributed by atoms with E-state index in [1.807, 2.05) is 4.90 Å². The number of likely N-dealkylation sites (tertiary alicyclic amines) is 2. The third-order valence-electron chi connectivity index (χ3n) is 6.73. The zero-order chi connectivity index (χ0) is 15.0. The van der Waals surface area contributed by atoms with Crippen molar-refractivity contribution in [2.45, 2.75) is 57.4 Å². The van der Waals surface area contributed by atoms with Crippen molar-refractivity contribution in [3.63, 3.8) is 0 Å². The van der Waals surface area contributed by atoms with Gasteiger partial charge in [0, 0.05) is 37.6 Å². The molecule has 0 bridgehead atoms. The Kier molecular flexibility index (Phi) is 4.16. The van der Waals surface area contributed by atoms with Crippen LogP contribution < -0.4 is 0 Å². The van der Waals surface area contributed by atoms with E-state index >= 15 is 0 Å². The molecule has 4 heteroatoms. The lowest BCUT2D eigenvalue weighted by Gasteiger charge is -2.36. The minimum atomic E-state index is 0.206. The van der Waals surface area contributed by atoms with Gasteiger partial charge in [-0.25, -0.2) is 0 Å². The van der Waals surface area contributed by atoms with Crippen LogP contribution in [-0.4, -0.2) is 61.1 Å². The summed E-state index contributed by atoms with van der Waals surface area (Å²) in [6.45, 7) is 5.49. The van der Waals surface area contributed by atoms with E-state index < -0.39 is 0 Å². The van der Waals surface area contributed by atoms with Gasteiger partial charge in [0.05, 0.1) is 6.61 Å². The average molecular weight is 306 g/mol. The molecule has 4 fully saturated rings. The number of hydrogen-bond donors (Lipinski definition) is 0. The summed E-state index contributed by atoms with van der Waals surface area (Å²) in [7, 11) is 0. The van der Waals surface area contributed by atoms with Crippen molar-refractivity contribution in [3.05, 3.63) is 0 Å². The Labute approximate surface area is 134 Å². The Morgan fingerprint density at radius 3 is 2.64 bits per heavy atom. The van der Waals surface area contributed by atoms with Crippen LogP contribution in [0.15, 0.2) is 0 Å². The van der Waals surface area contributed by atoms with E-state index in [9.17, 15) is 4.79 Å². The van der Waals surface area contributed by atoms with E-state index in [0.29, 0.717) is 12.0 Å². The molecular formula is C18H30N2O2. The van der Waals surface area contributed by atoms with Crippen molar-refractivity contribution >= 4 is 5.91 Å². The number of carbonyl (C=O) groups excluding carboxylic acids is 1. The molecule has 2 saturated carbocycles. The van der Waals surface area contributed by atoms with Gasteiger partial charge in [-0.2, -0.15) is 0 Å². The molecule has 0 N–H and O–H groups in total. The molecule has 0 aromatic heterocycles. The van der Waals surface area contributed by atoms with Gasteiger partial charge >= 0.3 is 0 Å². The van der Waals surface area contributed by atoms with E-state index in [2.05, 4.69) is 4.90 Å². The molecular weight excluding hydrogens is 276 g/mol. The summed E-state index contributed by atoms with van der Waals surface area (Å²) >= 11 is 0. The predicted octanol–water partition coefficient (Wildman–Crippen LogP) is 2.28. The summed E-state index contributed by atoms with van der Waals surface area (Å²) in [6.07, 6.45) is 10.6. The zero-order valence-corrected chi connectivity index (χ0v) is 13.8. The van der Waals surface area contributed by atoms with Gasteiger partial charge in [-0.05, 0) is 44.4 Å². The molecule has 124 valence electrons. The first-order chi connectivity index (χ1) is 10.8. The molecule has 4 nitrogen and oxygen atoms in total. The number of fused-ring (bicyclic) bond motifs is 1. The molecule has 0 radical (unpaired) electrons. The molecule has 2 saturated heterocycles. The Morgan fingerprint density at radius 1 is 1.09 bits per heavy atom. The van der Waals surface area contributed by atoms with Gasteiger partial charge in [0.2, 0.25) is 5.91 Å². The molecule has 1 amide bonds. The van der Waals surface area contributed by atoms with Crippen molar-refractivity contribution in [3.8, 4) is 0 Å². The molecule has 22 heavy (non-hydrogen) atoms. The summed E-state index contributed by atoms with van der Waals surface area (Å²) in [5, 5.41) is 0. The maximum absolute atomic E-state index is 12.1. The SMILES string of the molecule is O=C(COC[C@@]12CCC[C@@H]1CN(C1CCC1)C2)N1CCCC1. The largest absolute Gasteiger partial charge is 0.371 e. The zero-order valence-electron chi connectivity index (χ0n) is 13.8. The molecule has 0 aromatic carbocycles. The van der Waals surface area contributed by atoms with E-state index in [1.165, 1.54) is 51.6 Å².